The van der Waals surface area contributed by atoms with E-state index in [0.29, 0.717) is 36.8 Å². The highest BCUT2D eigenvalue weighted by Crippen LogP contribution is 2.21. The molecule has 7 nitrogen and oxygen atoms in total. The molecule has 152 valence electrons. The summed E-state index contributed by atoms with van der Waals surface area (Å²) in [5, 5.41) is 2.83. The Morgan fingerprint density at radius 2 is 1.90 bits per heavy atom. The smallest absolute Gasteiger partial charge is 0.338 e. The number of benzene rings is 2. The fourth-order valence-corrected chi connectivity index (χ4v) is 2.95. The Kier molecular flexibility index (Phi) is 6.49. The second-order valence-electron chi connectivity index (χ2n) is 6.66. The molecule has 0 unspecified atom stereocenters. The van der Waals surface area contributed by atoms with Gasteiger partial charge >= 0.3 is 12.0 Å². The molecule has 0 saturated carbocycles. The van der Waals surface area contributed by atoms with Crippen molar-refractivity contribution in [2.75, 3.05) is 31.6 Å². The number of hydrogen-bond donors (Lipinski definition) is 1. The molecule has 0 fully saturated rings. The lowest BCUT2D eigenvalue weighted by molar-refractivity contribution is 0.0526. The third-order valence-electron chi connectivity index (χ3n) is 4.73. The summed E-state index contributed by atoms with van der Waals surface area (Å²) in [6.45, 7) is 7.37. The van der Waals surface area contributed by atoms with Crippen molar-refractivity contribution in [3.63, 3.8) is 0 Å². The Bertz CT molecular complexity index is 922. The van der Waals surface area contributed by atoms with Gasteiger partial charge in [0.15, 0.2) is 0 Å². The first kappa shape index (κ1) is 20.4. The van der Waals surface area contributed by atoms with Gasteiger partial charge in [0.2, 0.25) is 0 Å². The number of hydrogen-bond acceptors (Lipinski definition) is 5. The van der Waals surface area contributed by atoms with Gasteiger partial charge in [-0.2, -0.15) is 0 Å². The minimum atomic E-state index is -0.386. The van der Waals surface area contributed by atoms with Crippen LogP contribution in [0.1, 0.15) is 28.4 Å². The van der Waals surface area contributed by atoms with Crippen LogP contribution in [0.5, 0.6) is 5.75 Å². The van der Waals surface area contributed by atoms with Crippen LogP contribution < -0.4 is 10.1 Å². The Morgan fingerprint density at radius 3 is 2.62 bits per heavy atom. The summed E-state index contributed by atoms with van der Waals surface area (Å²) in [5.41, 5.74) is 3.25. The molecule has 0 aromatic heterocycles. The summed E-state index contributed by atoms with van der Waals surface area (Å²) in [6.07, 6.45) is 0. The molecule has 1 aliphatic heterocycles. The van der Waals surface area contributed by atoms with Crippen LogP contribution in [0.25, 0.3) is 0 Å². The number of carbonyl (C=O) groups excluding carboxylic acids is 2. The molecule has 1 aliphatic rings. The first-order chi connectivity index (χ1) is 14.0. The number of esters is 1. The van der Waals surface area contributed by atoms with E-state index in [1.165, 1.54) is 0 Å². The molecule has 0 saturated heterocycles. The van der Waals surface area contributed by atoms with Crippen LogP contribution in [0.4, 0.5) is 10.5 Å². The Balaban J connectivity index is 1.59. The number of nitrogens with zero attached hydrogens (tertiary/aromatic N) is 2. The van der Waals surface area contributed by atoms with Crippen molar-refractivity contribution in [3.8, 4) is 5.75 Å². The van der Waals surface area contributed by atoms with Crippen molar-refractivity contribution in [1.82, 2.24) is 4.90 Å². The molecule has 1 heterocycles. The van der Waals surface area contributed by atoms with Crippen LogP contribution in [-0.2, 0) is 4.74 Å². The Morgan fingerprint density at radius 1 is 1.14 bits per heavy atom. The van der Waals surface area contributed by atoms with E-state index < -0.39 is 0 Å². The predicted octanol–water partition coefficient (Wildman–Crippen LogP) is 3.81. The van der Waals surface area contributed by atoms with Gasteiger partial charge < -0.3 is 14.8 Å². The number of urea groups is 1. The second kappa shape index (κ2) is 9.23. The van der Waals surface area contributed by atoms with Gasteiger partial charge in [0, 0.05) is 12.2 Å². The zero-order chi connectivity index (χ0) is 20.8. The lowest BCUT2D eigenvalue weighted by atomic mass is 10.1. The van der Waals surface area contributed by atoms with E-state index in [2.05, 4.69) is 10.3 Å². The molecule has 0 bridgehead atoms. The number of aliphatic imine (C=N–C) groups is 1. The standard InChI is InChI=1S/C22H25N3O4/c1-4-28-21(26)17-8-10-18(11-9-17)24-22(27)25-13-12-23-20(25)14-29-19-7-5-6-15(2)16(19)3/h5-11H,4,12-14H2,1-3H3,(H,24,27). The van der Waals surface area contributed by atoms with E-state index >= 15 is 0 Å². The number of ether oxygens (including phenoxy) is 2. The Hall–Kier alpha value is -3.35. The highest BCUT2D eigenvalue weighted by atomic mass is 16.5. The molecule has 3 rings (SSSR count). The van der Waals surface area contributed by atoms with Gasteiger partial charge in [-0.3, -0.25) is 9.89 Å². The molecular formula is C22H25N3O4. The van der Waals surface area contributed by atoms with Crippen molar-refractivity contribution in [1.29, 1.82) is 0 Å². The number of carbonyl (C=O) groups is 2. The third kappa shape index (κ3) is 4.93. The SMILES string of the molecule is CCOC(=O)c1ccc(NC(=O)N2CCN=C2COc2cccc(C)c2C)cc1. The zero-order valence-electron chi connectivity index (χ0n) is 16.9. The normalized spacial score (nSPS) is 13.1. The number of nitrogens with one attached hydrogen (secondary N) is 1. The van der Waals surface area contributed by atoms with E-state index in [-0.39, 0.29) is 18.6 Å². The largest absolute Gasteiger partial charge is 0.485 e. The number of rotatable bonds is 6. The summed E-state index contributed by atoms with van der Waals surface area (Å²) in [4.78, 5) is 30.4. The first-order valence-electron chi connectivity index (χ1n) is 9.57. The van der Waals surface area contributed by atoms with Crippen LogP contribution in [0, 0.1) is 13.8 Å². The molecule has 0 radical (unpaired) electrons. The summed E-state index contributed by atoms with van der Waals surface area (Å²) in [7, 11) is 0. The highest BCUT2D eigenvalue weighted by molar-refractivity contribution is 6.04. The quantitative estimate of drug-likeness (QED) is 0.755. The molecule has 2 aromatic rings. The topological polar surface area (TPSA) is 80.2 Å². The predicted molar refractivity (Wildman–Crippen MR) is 112 cm³/mol. The summed E-state index contributed by atoms with van der Waals surface area (Å²) >= 11 is 0. The number of amidine groups is 1. The maximum absolute atomic E-state index is 12.7. The van der Waals surface area contributed by atoms with Crippen molar-refractivity contribution in [2.24, 2.45) is 4.99 Å². The van der Waals surface area contributed by atoms with Crippen molar-refractivity contribution >= 4 is 23.5 Å². The van der Waals surface area contributed by atoms with Crippen LogP contribution in [-0.4, -0.2) is 49.0 Å². The first-order valence-corrected chi connectivity index (χ1v) is 9.57. The van der Waals surface area contributed by atoms with Gasteiger partial charge in [0.1, 0.15) is 18.2 Å². The highest BCUT2D eigenvalue weighted by Gasteiger charge is 2.24. The van der Waals surface area contributed by atoms with Crippen molar-refractivity contribution in [2.45, 2.75) is 20.8 Å². The van der Waals surface area contributed by atoms with Crippen LogP contribution >= 0.6 is 0 Å². The molecule has 0 aliphatic carbocycles. The lowest BCUT2D eigenvalue weighted by Crippen LogP contribution is -2.40. The third-order valence-corrected chi connectivity index (χ3v) is 4.73. The fourth-order valence-electron chi connectivity index (χ4n) is 2.95. The van der Waals surface area contributed by atoms with Gasteiger partial charge in [-0.1, -0.05) is 12.1 Å². The van der Waals surface area contributed by atoms with Crippen LogP contribution in [0.3, 0.4) is 0 Å². The average molecular weight is 395 g/mol. The molecule has 0 spiro atoms. The van der Waals surface area contributed by atoms with Crippen molar-refractivity contribution < 1.29 is 19.1 Å². The summed E-state index contributed by atoms with van der Waals surface area (Å²) < 4.78 is 10.9. The van der Waals surface area contributed by atoms with Crippen LogP contribution in [0.15, 0.2) is 47.5 Å². The minimum absolute atomic E-state index is 0.222. The van der Waals surface area contributed by atoms with E-state index in [9.17, 15) is 9.59 Å². The molecule has 2 amide bonds. The molecule has 7 heteroatoms. The average Bonchev–Trinajstić information content (AvgIpc) is 3.18. The number of aryl methyl sites for hydroxylation is 1. The minimum Gasteiger partial charge on any atom is -0.485 e. The van der Waals surface area contributed by atoms with Crippen molar-refractivity contribution in [3.05, 3.63) is 59.2 Å². The summed E-state index contributed by atoms with van der Waals surface area (Å²) in [6, 6.07) is 12.2. The monoisotopic (exact) mass is 395 g/mol. The Labute approximate surface area is 170 Å². The van der Waals surface area contributed by atoms with E-state index in [1.807, 2.05) is 32.0 Å². The summed E-state index contributed by atoms with van der Waals surface area (Å²) in [5.74, 6) is 0.990. The van der Waals surface area contributed by atoms with Gasteiger partial charge in [0.25, 0.3) is 0 Å². The van der Waals surface area contributed by atoms with Gasteiger partial charge in [-0.25, -0.2) is 9.59 Å². The van der Waals surface area contributed by atoms with E-state index in [1.54, 1.807) is 36.1 Å². The number of amides is 2. The molecule has 0 atom stereocenters. The molecule has 2 aromatic carbocycles. The lowest BCUT2D eigenvalue weighted by Gasteiger charge is -2.20. The molecule has 1 N–H and O–H groups in total. The number of anilines is 1. The van der Waals surface area contributed by atoms with Gasteiger partial charge in [-0.15, -0.1) is 0 Å². The van der Waals surface area contributed by atoms with Gasteiger partial charge in [0.05, 0.1) is 18.7 Å². The maximum atomic E-state index is 12.7. The maximum Gasteiger partial charge on any atom is 0.338 e. The van der Waals surface area contributed by atoms with Gasteiger partial charge in [-0.05, 0) is 62.2 Å². The fraction of sp³-hybridized carbons (Fsp3) is 0.318. The molecular weight excluding hydrogens is 370 g/mol. The van der Waals surface area contributed by atoms with Crippen LogP contribution in [0.2, 0.25) is 0 Å². The second-order valence-corrected chi connectivity index (χ2v) is 6.66. The van der Waals surface area contributed by atoms with E-state index in [0.717, 1.165) is 16.9 Å². The molecule has 29 heavy (non-hydrogen) atoms. The van der Waals surface area contributed by atoms with E-state index in [4.69, 9.17) is 9.47 Å². The zero-order valence-corrected chi connectivity index (χ0v) is 16.9.